The molecule has 1 N–H and O–H groups in total. The summed E-state index contributed by atoms with van der Waals surface area (Å²) in [4.78, 5) is 2.36. The molecule has 2 aromatic rings. The number of aryl methyl sites for hydroxylation is 2. The third-order valence-electron chi connectivity index (χ3n) is 3.70. The van der Waals surface area contributed by atoms with Crippen molar-refractivity contribution in [3.8, 4) is 11.3 Å². The van der Waals surface area contributed by atoms with Gasteiger partial charge in [-0.05, 0) is 39.4 Å². The van der Waals surface area contributed by atoms with Crippen LogP contribution in [0.3, 0.4) is 0 Å². The van der Waals surface area contributed by atoms with E-state index in [9.17, 15) is 0 Å². The van der Waals surface area contributed by atoms with Crippen LogP contribution in [-0.2, 0) is 6.54 Å². The van der Waals surface area contributed by atoms with Gasteiger partial charge >= 0.3 is 0 Å². The molecule has 0 spiro atoms. The first-order chi connectivity index (χ1) is 9.61. The van der Waals surface area contributed by atoms with E-state index in [2.05, 4.69) is 61.1 Å². The number of H-pyrrole nitrogens is 1. The molecule has 1 aromatic carbocycles. The van der Waals surface area contributed by atoms with Crippen molar-refractivity contribution in [3.63, 3.8) is 0 Å². The smallest absolute Gasteiger partial charge is 0.0697 e. The molecule has 108 valence electrons. The highest BCUT2D eigenvalue weighted by Crippen LogP contribution is 2.26. The van der Waals surface area contributed by atoms with Crippen molar-refractivity contribution in [1.82, 2.24) is 15.1 Å². The van der Waals surface area contributed by atoms with E-state index in [4.69, 9.17) is 0 Å². The summed E-state index contributed by atoms with van der Waals surface area (Å²) in [6.07, 6.45) is 4.43. The van der Waals surface area contributed by atoms with E-state index in [1.54, 1.807) is 0 Å². The lowest BCUT2D eigenvalue weighted by Crippen LogP contribution is -2.19. The van der Waals surface area contributed by atoms with Crippen molar-refractivity contribution < 1.29 is 0 Å². The molecular weight excluding hydrogens is 246 g/mol. The van der Waals surface area contributed by atoms with Gasteiger partial charge in [0, 0.05) is 17.7 Å². The minimum Gasteiger partial charge on any atom is -0.302 e. The topological polar surface area (TPSA) is 31.9 Å². The molecule has 0 aliphatic carbocycles. The Morgan fingerprint density at radius 3 is 2.75 bits per heavy atom. The molecule has 2 rings (SSSR count). The molecule has 0 fully saturated rings. The first-order valence-corrected chi connectivity index (χ1v) is 7.40. The predicted octanol–water partition coefficient (Wildman–Crippen LogP) is 3.93. The lowest BCUT2D eigenvalue weighted by molar-refractivity contribution is 0.321. The van der Waals surface area contributed by atoms with Crippen molar-refractivity contribution in [3.05, 3.63) is 41.1 Å². The first kappa shape index (κ1) is 14.8. The Morgan fingerprint density at radius 2 is 2.05 bits per heavy atom. The van der Waals surface area contributed by atoms with Crippen LogP contribution >= 0.6 is 0 Å². The van der Waals surface area contributed by atoms with Crippen molar-refractivity contribution in [2.24, 2.45) is 0 Å². The normalized spacial score (nSPS) is 11.2. The number of unbranched alkanes of at least 4 members (excludes halogenated alkanes) is 1. The first-order valence-electron chi connectivity index (χ1n) is 7.40. The molecule has 0 saturated carbocycles. The number of aromatic amines is 1. The Hall–Kier alpha value is -1.61. The lowest BCUT2D eigenvalue weighted by atomic mass is 10.0. The minimum absolute atomic E-state index is 0.944. The van der Waals surface area contributed by atoms with Gasteiger partial charge in [0.05, 0.1) is 11.9 Å². The van der Waals surface area contributed by atoms with Crippen LogP contribution in [0.1, 0.15) is 36.5 Å². The summed E-state index contributed by atoms with van der Waals surface area (Å²) in [6, 6.07) is 6.57. The molecule has 1 heterocycles. The van der Waals surface area contributed by atoms with Crippen LogP contribution in [0.15, 0.2) is 24.4 Å². The van der Waals surface area contributed by atoms with E-state index < -0.39 is 0 Å². The van der Waals surface area contributed by atoms with Crippen LogP contribution in [0.5, 0.6) is 0 Å². The maximum absolute atomic E-state index is 4.24. The van der Waals surface area contributed by atoms with Gasteiger partial charge in [-0.15, -0.1) is 0 Å². The quantitative estimate of drug-likeness (QED) is 0.863. The van der Waals surface area contributed by atoms with E-state index in [0.717, 1.165) is 18.8 Å². The Bertz CT molecular complexity index is 557. The Morgan fingerprint density at radius 1 is 1.25 bits per heavy atom. The van der Waals surface area contributed by atoms with Gasteiger partial charge < -0.3 is 4.90 Å². The molecule has 0 amide bonds. The molecule has 3 heteroatoms. The molecule has 0 saturated heterocycles. The highest BCUT2D eigenvalue weighted by Gasteiger charge is 2.11. The highest BCUT2D eigenvalue weighted by atomic mass is 15.1. The number of nitrogens with one attached hydrogen (secondary N) is 1. The monoisotopic (exact) mass is 271 g/mol. The van der Waals surface area contributed by atoms with Gasteiger partial charge in [-0.2, -0.15) is 5.10 Å². The standard InChI is InChI=1S/C17H25N3/c1-5-6-9-20(4)12-15-11-18-19-17(15)16-8-7-13(2)10-14(16)3/h7-8,10-11H,5-6,9,12H2,1-4H3,(H,18,19). The number of rotatable bonds is 6. The van der Waals surface area contributed by atoms with Crippen LogP contribution in [0.2, 0.25) is 0 Å². The summed E-state index contributed by atoms with van der Waals surface area (Å²) in [5, 5.41) is 7.41. The van der Waals surface area contributed by atoms with E-state index in [0.29, 0.717) is 0 Å². The SMILES string of the molecule is CCCCN(C)Cc1cn[nH]c1-c1ccc(C)cc1C. The van der Waals surface area contributed by atoms with Gasteiger partial charge in [0.1, 0.15) is 0 Å². The fraction of sp³-hybridized carbons (Fsp3) is 0.471. The van der Waals surface area contributed by atoms with Gasteiger partial charge in [-0.3, -0.25) is 5.10 Å². The minimum atomic E-state index is 0.944. The molecule has 0 aliphatic rings. The summed E-state index contributed by atoms with van der Waals surface area (Å²) >= 11 is 0. The second-order valence-corrected chi connectivity index (χ2v) is 5.68. The molecule has 0 atom stereocenters. The maximum atomic E-state index is 4.24. The lowest BCUT2D eigenvalue weighted by Gasteiger charge is -2.16. The van der Waals surface area contributed by atoms with Crippen LogP contribution in [0.4, 0.5) is 0 Å². The van der Waals surface area contributed by atoms with E-state index in [-0.39, 0.29) is 0 Å². The summed E-state index contributed by atoms with van der Waals surface area (Å²) in [5.41, 5.74) is 6.28. The average Bonchev–Trinajstić information content (AvgIpc) is 2.84. The summed E-state index contributed by atoms with van der Waals surface area (Å²) < 4.78 is 0. The van der Waals surface area contributed by atoms with Crippen LogP contribution in [0, 0.1) is 13.8 Å². The Labute approximate surface area is 122 Å². The van der Waals surface area contributed by atoms with Crippen molar-refractivity contribution in [2.75, 3.05) is 13.6 Å². The van der Waals surface area contributed by atoms with Crippen LogP contribution < -0.4 is 0 Å². The van der Waals surface area contributed by atoms with Gasteiger partial charge in [0.25, 0.3) is 0 Å². The third-order valence-corrected chi connectivity index (χ3v) is 3.70. The summed E-state index contributed by atoms with van der Waals surface area (Å²) in [7, 11) is 2.18. The molecular formula is C17H25N3. The molecule has 0 aliphatic heterocycles. The molecule has 0 unspecified atom stereocenters. The Kier molecular flexibility index (Phi) is 4.96. The largest absolute Gasteiger partial charge is 0.302 e. The summed E-state index contributed by atoms with van der Waals surface area (Å²) in [6.45, 7) is 8.59. The van der Waals surface area contributed by atoms with Crippen molar-refractivity contribution in [1.29, 1.82) is 0 Å². The zero-order chi connectivity index (χ0) is 14.5. The van der Waals surface area contributed by atoms with E-state index in [1.807, 2.05) is 6.20 Å². The van der Waals surface area contributed by atoms with Gasteiger partial charge in [0.2, 0.25) is 0 Å². The van der Waals surface area contributed by atoms with E-state index in [1.165, 1.54) is 35.1 Å². The zero-order valence-electron chi connectivity index (χ0n) is 13.0. The average molecular weight is 271 g/mol. The van der Waals surface area contributed by atoms with Crippen LogP contribution in [0.25, 0.3) is 11.3 Å². The number of hydrogen-bond donors (Lipinski definition) is 1. The Balaban J connectivity index is 2.20. The number of benzene rings is 1. The third kappa shape index (κ3) is 3.48. The van der Waals surface area contributed by atoms with Crippen molar-refractivity contribution >= 4 is 0 Å². The fourth-order valence-electron chi connectivity index (χ4n) is 2.56. The fourth-order valence-corrected chi connectivity index (χ4v) is 2.56. The van der Waals surface area contributed by atoms with Crippen molar-refractivity contribution in [2.45, 2.75) is 40.2 Å². The number of hydrogen-bond acceptors (Lipinski definition) is 2. The molecule has 0 bridgehead atoms. The zero-order valence-corrected chi connectivity index (χ0v) is 13.0. The molecule has 0 radical (unpaired) electrons. The molecule has 3 nitrogen and oxygen atoms in total. The second-order valence-electron chi connectivity index (χ2n) is 5.68. The molecule has 1 aromatic heterocycles. The predicted molar refractivity (Wildman–Crippen MR) is 84.7 cm³/mol. The van der Waals surface area contributed by atoms with Gasteiger partial charge in [-0.25, -0.2) is 0 Å². The van der Waals surface area contributed by atoms with Gasteiger partial charge in [0.15, 0.2) is 0 Å². The summed E-state index contributed by atoms with van der Waals surface area (Å²) in [5.74, 6) is 0. The highest BCUT2D eigenvalue weighted by molar-refractivity contribution is 5.66. The number of nitrogens with zero attached hydrogens (tertiary/aromatic N) is 2. The van der Waals surface area contributed by atoms with Gasteiger partial charge in [-0.1, -0.05) is 37.1 Å². The number of aromatic nitrogens is 2. The second kappa shape index (κ2) is 6.71. The van der Waals surface area contributed by atoms with Crippen LogP contribution in [-0.4, -0.2) is 28.7 Å². The molecule has 20 heavy (non-hydrogen) atoms. The van der Waals surface area contributed by atoms with E-state index >= 15 is 0 Å². The maximum Gasteiger partial charge on any atom is 0.0697 e.